The van der Waals surface area contributed by atoms with E-state index < -0.39 is 27.0 Å². The maximum Gasteiger partial charge on any atom is 0.240 e. The highest BCUT2D eigenvalue weighted by Crippen LogP contribution is 2.43. The van der Waals surface area contributed by atoms with E-state index in [1.165, 1.54) is 11.9 Å². The summed E-state index contributed by atoms with van der Waals surface area (Å²) in [6.45, 7) is 3.09. The predicted octanol–water partition coefficient (Wildman–Crippen LogP) is 3.33. The Hall–Kier alpha value is -2.65. The molecule has 176 valence electrons. The summed E-state index contributed by atoms with van der Waals surface area (Å²) in [6.07, 6.45) is 1.49. The Kier molecular flexibility index (Phi) is 6.63. The van der Waals surface area contributed by atoms with Gasteiger partial charge in [0.25, 0.3) is 0 Å². The third-order valence-corrected chi connectivity index (χ3v) is 8.05. The maximum atomic E-state index is 14.6. The van der Waals surface area contributed by atoms with E-state index in [0.717, 1.165) is 23.8 Å². The van der Waals surface area contributed by atoms with Crippen LogP contribution in [-0.4, -0.2) is 61.1 Å². The molecule has 0 N–H and O–H groups in total. The van der Waals surface area contributed by atoms with Crippen LogP contribution in [-0.2, 0) is 20.2 Å². The Labute approximate surface area is 192 Å². The second kappa shape index (κ2) is 9.30. The number of sulfone groups is 1. The normalized spacial score (nSPS) is 22.9. The summed E-state index contributed by atoms with van der Waals surface area (Å²) in [7, 11) is -2.96. The zero-order valence-electron chi connectivity index (χ0n) is 18.5. The average Bonchev–Trinajstić information content (AvgIpc) is 3.18. The smallest absolute Gasteiger partial charge is 0.240 e. The topological polar surface area (TPSA) is 70.1 Å². The van der Waals surface area contributed by atoms with Crippen molar-refractivity contribution < 1.29 is 22.0 Å². The van der Waals surface area contributed by atoms with Crippen molar-refractivity contribution in [2.45, 2.75) is 31.7 Å². The predicted molar refractivity (Wildman–Crippen MR) is 122 cm³/mol. The molecule has 33 heavy (non-hydrogen) atoms. The van der Waals surface area contributed by atoms with E-state index in [1.54, 1.807) is 0 Å². The van der Waals surface area contributed by atoms with Crippen molar-refractivity contribution in [2.75, 3.05) is 31.1 Å². The lowest BCUT2D eigenvalue weighted by Crippen LogP contribution is -2.44. The summed E-state index contributed by atoms with van der Waals surface area (Å²) in [5.74, 6) is -1.13. The first-order chi connectivity index (χ1) is 15.7. The largest absolute Gasteiger partial charge is 0.301 e. The first-order valence-corrected chi connectivity index (χ1v) is 12.8. The third-order valence-electron chi connectivity index (χ3n) is 6.44. The van der Waals surface area contributed by atoms with Crippen molar-refractivity contribution >= 4 is 21.5 Å². The zero-order chi connectivity index (χ0) is 23.6. The van der Waals surface area contributed by atoms with Crippen molar-refractivity contribution in [2.24, 2.45) is 5.10 Å². The molecule has 1 fully saturated rings. The number of hydrogen-bond donors (Lipinski definition) is 0. The molecule has 1 saturated heterocycles. The highest BCUT2D eigenvalue weighted by molar-refractivity contribution is 7.91. The van der Waals surface area contributed by atoms with Gasteiger partial charge in [-0.1, -0.05) is 30.3 Å². The number of rotatable bonds is 6. The molecular weight excluding hydrogens is 448 g/mol. The van der Waals surface area contributed by atoms with Crippen LogP contribution in [0.4, 0.5) is 8.78 Å². The molecule has 0 aromatic heterocycles. The maximum absolute atomic E-state index is 14.6. The van der Waals surface area contributed by atoms with Gasteiger partial charge in [-0.05, 0) is 43.1 Å². The monoisotopic (exact) mass is 475 g/mol. The van der Waals surface area contributed by atoms with E-state index in [9.17, 15) is 22.0 Å². The molecule has 2 aromatic rings. The van der Waals surface area contributed by atoms with Crippen LogP contribution < -0.4 is 0 Å². The molecule has 0 unspecified atom stereocenters. The molecule has 0 bridgehead atoms. The Morgan fingerprint density at radius 3 is 2.45 bits per heavy atom. The number of amides is 1. The van der Waals surface area contributed by atoms with Gasteiger partial charge >= 0.3 is 0 Å². The van der Waals surface area contributed by atoms with Crippen molar-refractivity contribution in [1.82, 2.24) is 9.91 Å². The lowest BCUT2D eigenvalue weighted by atomic mass is 9.80. The number of benzene rings is 2. The summed E-state index contributed by atoms with van der Waals surface area (Å²) < 4.78 is 51.9. The number of hydrazone groups is 1. The SMILES string of the molecule is CC(=O)N1N=C(c2cc(F)ccc2F)C[C@]1(CCCN1CCS(=O)(=O)CC1)c1ccccc1. The van der Waals surface area contributed by atoms with Gasteiger partial charge in [-0.3, -0.25) is 4.79 Å². The van der Waals surface area contributed by atoms with E-state index >= 15 is 0 Å². The lowest BCUT2D eigenvalue weighted by Gasteiger charge is -2.37. The highest BCUT2D eigenvalue weighted by Gasteiger charge is 2.46. The molecule has 2 aliphatic heterocycles. The van der Waals surface area contributed by atoms with Crippen molar-refractivity contribution in [3.63, 3.8) is 0 Å². The van der Waals surface area contributed by atoms with E-state index in [2.05, 4.69) is 10.0 Å². The van der Waals surface area contributed by atoms with Crippen LogP contribution in [0, 0.1) is 11.6 Å². The van der Waals surface area contributed by atoms with E-state index in [1.807, 2.05) is 30.3 Å². The Morgan fingerprint density at radius 1 is 1.09 bits per heavy atom. The van der Waals surface area contributed by atoms with Gasteiger partial charge in [-0.15, -0.1) is 0 Å². The van der Waals surface area contributed by atoms with Gasteiger partial charge in [0.05, 0.1) is 22.8 Å². The molecule has 9 heteroatoms. The van der Waals surface area contributed by atoms with Crippen LogP contribution in [0.3, 0.4) is 0 Å². The minimum Gasteiger partial charge on any atom is -0.301 e. The third kappa shape index (κ3) is 4.99. The molecule has 2 aromatic carbocycles. The Morgan fingerprint density at radius 2 is 1.79 bits per heavy atom. The van der Waals surface area contributed by atoms with Crippen LogP contribution in [0.15, 0.2) is 53.6 Å². The van der Waals surface area contributed by atoms with E-state index in [0.29, 0.717) is 38.2 Å². The second-order valence-electron chi connectivity index (χ2n) is 8.67. The van der Waals surface area contributed by atoms with Crippen LogP contribution in [0.25, 0.3) is 0 Å². The van der Waals surface area contributed by atoms with E-state index in [4.69, 9.17) is 0 Å². The Balaban J connectivity index is 1.62. The molecule has 2 aliphatic rings. The fourth-order valence-corrected chi connectivity index (χ4v) is 6.00. The molecule has 0 radical (unpaired) electrons. The van der Waals surface area contributed by atoms with Crippen molar-refractivity contribution in [3.8, 4) is 0 Å². The van der Waals surface area contributed by atoms with Gasteiger partial charge in [0.2, 0.25) is 5.91 Å². The molecule has 1 atom stereocenters. The van der Waals surface area contributed by atoms with Crippen LogP contribution in [0.5, 0.6) is 0 Å². The first-order valence-electron chi connectivity index (χ1n) is 11.0. The minimum absolute atomic E-state index is 0.0558. The summed E-state index contributed by atoms with van der Waals surface area (Å²) in [5.41, 5.74) is 0.427. The molecule has 2 heterocycles. The van der Waals surface area contributed by atoms with Gasteiger partial charge in [-0.25, -0.2) is 22.2 Å². The van der Waals surface area contributed by atoms with Crippen molar-refractivity contribution in [3.05, 3.63) is 71.3 Å². The molecular formula is C24H27F2N3O3S. The fraction of sp³-hybridized carbons (Fsp3) is 0.417. The number of carbonyl (C=O) groups is 1. The molecule has 1 amide bonds. The summed E-state index contributed by atoms with van der Waals surface area (Å²) in [6, 6.07) is 12.7. The van der Waals surface area contributed by atoms with Gasteiger partial charge in [-0.2, -0.15) is 5.10 Å². The van der Waals surface area contributed by atoms with Gasteiger partial charge in [0.1, 0.15) is 11.6 Å². The fourth-order valence-electron chi connectivity index (χ4n) is 4.72. The molecule has 0 saturated carbocycles. The molecule has 4 rings (SSSR count). The zero-order valence-corrected chi connectivity index (χ0v) is 19.3. The van der Waals surface area contributed by atoms with Gasteiger partial charge < -0.3 is 4.90 Å². The molecule has 6 nitrogen and oxygen atoms in total. The minimum atomic E-state index is -2.96. The van der Waals surface area contributed by atoms with Gasteiger partial charge in [0, 0.05) is 32.0 Å². The first kappa shape index (κ1) is 23.5. The standard InChI is InChI=1S/C24H27F2N3O3S/c1-18(30)29-24(19-6-3-2-4-7-19,10-5-11-28-12-14-33(31,32)15-13-28)17-23(27-29)21-16-20(25)8-9-22(21)26/h2-4,6-9,16H,5,10-15,17H2,1H3/t24-/m1/s1. The van der Waals surface area contributed by atoms with Crippen LogP contribution in [0.1, 0.15) is 37.3 Å². The number of halogens is 2. The number of carbonyl (C=O) groups excluding carboxylic acids is 1. The highest BCUT2D eigenvalue weighted by atomic mass is 32.2. The molecule has 0 spiro atoms. The van der Waals surface area contributed by atoms with Crippen LogP contribution in [0.2, 0.25) is 0 Å². The second-order valence-corrected chi connectivity index (χ2v) is 11.0. The number of hydrogen-bond acceptors (Lipinski definition) is 5. The number of nitrogens with zero attached hydrogens (tertiary/aromatic N) is 3. The lowest BCUT2D eigenvalue weighted by molar-refractivity contribution is -0.135. The quantitative estimate of drug-likeness (QED) is 0.643. The van der Waals surface area contributed by atoms with E-state index in [-0.39, 0.29) is 29.4 Å². The summed E-state index contributed by atoms with van der Waals surface area (Å²) >= 11 is 0. The van der Waals surface area contributed by atoms with Crippen LogP contribution >= 0.6 is 0 Å². The molecule has 0 aliphatic carbocycles. The summed E-state index contributed by atoms with van der Waals surface area (Å²) in [5, 5.41) is 5.88. The Bertz CT molecular complexity index is 1160. The average molecular weight is 476 g/mol. The van der Waals surface area contributed by atoms with Gasteiger partial charge in [0.15, 0.2) is 9.84 Å². The van der Waals surface area contributed by atoms with Crippen molar-refractivity contribution in [1.29, 1.82) is 0 Å². The summed E-state index contributed by atoms with van der Waals surface area (Å²) in [4.78, 5) is 14.8.